The van der Waals surface area contributed by atoms with Crippen LogP contribution in [0.4, 0.5) is 0 Å². The van der Waals surface area contributed by atoms with Crippen molar-refractivity contribution in [3.8, 4) is 0 Å². The van der Waals surface area contributed by atoms with Gasteiger partial charge in [0.25, 0.3) is 0 Å². The van der Waals surface area contributed by atoms with Crippen LogP contribution in [-0.2, 0) is 11.3 Å². The maximum Gasteiger partial charge on any atom is 0.0719 e. The Balaban J connectivity index is 2.37. The molecule has 0 saturated carbocycles. The minimum atomic E-state index is 0.398. The summed E-state index contributed by atoms with van der Waals surface area (Å²) in [5, 5.41) is 0. The zero-order chi connectivity index (χ0) is 8.39. The molecule has 1 aliphatic heterocycles. The fourth-order valence-corrected chi connectivity index (χ4v) is 1.66. The van der Waals surface area contributed by atoms with Crippen LogP contribution in [0.25, 0.3) is 0 Å². The first kappa shape index (κ1) is 7.77. The van der Waals surface area contributed by atoms with E-state index in [4.69, 9.17) is 10.5 Å². The van der Waals surface area contributed by atoms with Gasteiger partial charge >= 0.3 is 0 Å². The Labute approximate surface area is 72.3 Å². The Kier molecular flexibility index (Phi) is 2.11. The zero-order valence-corrected chi connectivity index (χ0v) is 6.99. The van der Waals surface area contributed by atoms with Gasteiger partial charge in [-0.1, -0.05) is 24.3 Å². The Bertz CT molecular complexity index is 272. The van der Waals surface area contributed by atoms with Crippen LogP contribution >= 0.6 is 0 Å². The predicted molar refractivity (Wildman–Crippen MR) is 47.9 cm³/mol. The van der Waals surface area contributed by atoms with E-state index in [1.165, 1.54) is 11.1 Å². The average molecular weight is 163 g/mol. The predicted octanol–water partition coefficient (Wildman–Crippen LogP) is 1.26. The highest BCUT2D eigenvalue weighted by Gasteiger charge is 2.18. The van der Waals surface area contributed by atoms with E-state index in [2.05, 4.69) is 18.2 Å². The van der Waals surface area contributed by atoms with Gasteiger partial charge in [0, 0.05) is 12.5 Å². The summed E-state index contributed by atoms with van der Waals surface area (Å²) in [5.41, 5.74) is 8.30. The molecule has 2 rings (SSSR count). The minimum Gasteiger partial charge on any atom is -0.376 e. The van der Waals surface area contributed by atoms with E-state index < -0.39 is 0 Å². The summed E-state index contributed by atoms with van der Waals surface area (Å²) < 4.78 is 5.42. The molecule has 1 aromatic rings. The number of rotatable bonds is 1. The molecule has 0 spiro atoms. The molecule has 0 aromatic heterocycles. The van der Waals surface area contributed by atoms with Crippen molar-refractivity contribution in [2.24, 2.45) is 5.73 Å². The van der Waals surface area contributed by atoms with E-state index in [1.807, 2.05) is 6.07 Å². The van der Waals surface area contributed by atoms with Crippen molar-refractivity contribution < 1.29 is 4.74 Å². The SMILES string of the molecule is NCC1COCc2ccccc21. The van der Waals surface area contributed by atoms with E-state index in [0.29, 0.717) is 12.5 Å². The monoisotopic (exact) mass is 163 g/mol. The number of nitrogens with two attached hydrogens (primary N) is 1. The van der Waals surface area contributed by atoms with Crippen molar-refractivity contribution >= 4 is 0 Å². The van der Waals surface area contributed by atoms with Crippen LogP contribution in [0.2, 0.25) is 0 Å². The molecular formula is C10H13NO. The highest BCUT2D eigenvalue weighted by Crippen LogP contribution is 2.24. The van der Waals surface area contributed by atoms with Crippen molar-refractivity contribution in [2.45, 2.75) is 12.5 Å². The molecule has 0 aliphatic carbocycles. The second-order valence-electron chi connectivity index (χ2n) is 3.15. The summed E-state index contributed by atoms with van der Waals surface area (Å²) in [6.45, 7) is 2.19. The third-order valence-corrected chi connectivity index (χ3v) is 2.36. The molecule has 1 aromatic carbocycles. The molecule has 1 heterocycles. The van der Waals surface area contributed by atoms with Gasteiger partial charge < -0.3 is 10.5 Å². The first-order valence-electron chi connectivity index (χ1n) is 4.27. The molecule has 0 amide bonds. The van der Waals surface area contributed by atoms with Gasteiger partial charge in [-0.05, 0) is 11.1 Å². The minimum absolute atomic E-state index is 0.398. The molecule has 0 saturated heterocycles. The van der Waals surface area contributed by atoms with Gasteiger partial charge in [0.05, 0.1) is 13.2 Å². The molecule has 1 atom stereocenters. The Morgan fingerprint density at radius 2 is 2.25 bits per heavy atom. The standard InChI is InChI=1S/C10H13NO/c11-5-9-7-12-6-8-3-1-2-4-10(8)9/h1-4,9H,5-7,11H2. The molecule has 64 valence electrons. The van der Waals surface area contributed by atoms with Gasteiger partial charge in [0.1, 0.15) is 0 Å². The summed E-state index contributed by atoms with van der Waals surface area (Å²) in [7, 11) is 0. The number of hydrogen-bond donors (Lipinski definition) is 1. The highest BCUT2D eigenvalue weighted by molar-refractivity contribution is 5.31. The van der Waals surface area contributed by atoms with Crippen LogP contribution in [0, 0.1) is 0 Å². The lowest BCUT2D eigenvalue weighted by molar-refractivity contribution is 0.0928. The lowest BCUT2D eigenvalue weighted by Crippen LogP contribution is -2.23. The van der Waals surface area contributed by atoms with Gasteiger partial charge in [0.15, 0.2) is 0 Å². The largest absolute Gasteiger partial charge is 0.376 e. The van der Waals surface area contributed by atoms with Gasteiger partial charge in [-0.2, -0.15) is 0 Å². The second-order valence-corrected chi connectivity index (χ2v) is 3.15. The number of ether oxygens (including phenoxy) is 1. The van der Waals surface area contributed by atoms with Gasteiger partial charge in [-0.25, -0.2) is 0 Å². The first-order valence-corrected chi connectivity index (χ1v) is 4.27. The van der Waals surface area contributed by atoms with E-state index in [0.717, 1.165) is 13.2 Å². The van der Waals surface area contributed by atoms with Crippen molar-refractivity contribution in [1.29, 1.82) is 0 Å². The summed E-state index contributed by atoms with van der Waals surface area (Å²) in [6.07, 6.45) is 0. The third kappa shape index (κ3) is 1.24. The van der Waals surface area contributed by atoms with Gasteiger partial charge in [0.2, 0.25) is 0 Å². The fourth-order valence-electron chi connectivity index (χ4n) is 1.66. The molecule has 2 N–H and O–H groups in total. The topological polar surface area (TPSA) is 35.2 Å². The fraction of sp³-hybridized carbons (Fsp3) is 0.400. The molecule has 0 fully saturated rings. The van der Waals surface area contributed by atoms with E-state index in [-0.39, 0.29) is 0 Å². The van der Waals surface area contributed by atoms with Crippen LogP contribution in [0.1, 0.15) is 17.0 Å². The Morgan fingerprint density at radius 3 is 3.08 bits per heavy atom. The summed E-state index contributed by atoms with van der Waals surface area (Å²) in [5.74, 6) is 0.398. The van der Waals surface area contributed by atoms with E-state index in [1.54, 1.807) is 0 Å². The van der Waals surface area contributed by atoms with Crippen LogP contribution in [0.15, 0.2) is 24.3 Å². The maximum atomic E-state index is 5.64. The first-order chi connectivity index (χ1) is 5.92. The maximum absolute atomic E-state index is 5.64. The Hall–Kier alpha value is -0.860. The smallest absolute Gasteiger partial charge is 0.0719 e. The molecule has 2 nitrogen and oxygen atoms in total. The summed E-state index contributed by atoms with van der Waals surface area (Å²) >= 11 is 0. The molecule has 0 bridgehead atoms. The quantitative estimate of drug-likeness (QED) is 0.676. The van der Waals surface area contributed by atoms with Crippen molar-refractivity contribution in [2.75, 3.05) is 13.2 Å². The zero-order valence-electron chi connectivity index (χ0n) is 6.99. The molecule has 0 radical (unpaired) electrons. The number of hydrogen-bond acceptors (Lipinski definition) is 2. The molecule has 12 heavy (non-hydrogen) atoms. The summed E-state index contributed by atoms with van der Waals surface area (Å²) in [4.78, 5) is 0. The molecular weight excluding hydrogens is 150 g/mol. The molecule has 1 unspecified atom stereocenters. The van der Waals surface area contributed by atoms with Crippen molar-refractivity contribution in [3.05, 3.63) is 35.4 Å². The third-order valence-electron chi connectivity index (χ3n) is 2.36. The van der Waals surface area contributed by atoms with Crippen molar-refractivity contribution in [3.63, 3.8) is 0 Å². The van der Waals surface area contributed by atoms with Crippen molar-refractivity contribution in [1.82, 2.24) is 0 Å². The lowest BCUT2D eigenvalue weighted by atomic mass is 9.93. The van der Waals surface area contributed by atoms with Crippen LogP contribution in [0.5, 0.6) is 0 Å². The average Bonchev–Trinajstić information content (AvgIpc) is 2.17. The second kappa shape index (κ2) is 3.25. The number of benzene rings is 1. The van der Waals surface area contributed by atoms with Crippen LogP contribution < -0.4 is 5.73 Å². The Morgan fingerprint density at radius 1 is 1.42 bits per heavy atom. The van der Waals surface area contributed by atoms with E-state index >= 15 is 0 Å². The normalized spacial score (nSPS) is 21.9. The molecule has 2 heteroatoms. The lowest BCUT2D eigenvalue weighted by Gasteiger charge is -2.24. The number of fused-ring (bicyclic) bond motifs is 1. The molecule has 1 aliphatic rings. The van der Waals surface area contributed by atoms with E-state index in [9.17, 15) is 0 Å². The van der Waals surface area contributed by atoms with Gasteiger partial charge in [-0.3, -0.25) is 0 Å². The van der Waals surface area contributed by atoms with Crippen LogP contribution in [-0.4, -0.2) is 13.2 Å². The van der Waals surface area contributed by atoms with Gasteiger partial charge in [-0.15, -0.1) is 0 Å². The van der Waals surface area contributed by atoms with Crippen LogP contribution in [0.3, 0.4) is 0 Å². The highest BCUT2D eigenvalue weighted by atomic mass is 16.5. The summed E-state index contributed by atoms with van der Waals surface area (Å²) in [6, 6.07) is 8.36.